The lowest BCUT2D eigenvalue weighted by atomic mass is 9.82. The molecule has 0 spiro atoms. The van der Waals surface area contributed by atoms with Crippen molar-refractivity contribution in [3.8, 4) is 0 Å². The van der Waals surface area contributed by atoms with Gasteiger partial charge in [-0.05, 0) is 12.8 Å². The first kappa shape index (κ1) is 11.2. The van der Waals surface area contributed by atoms with Crippen LogP contribution in [0.4, 0.5) is 0 Å². The Morgan fingerprint density at radius 3 is 2.64 bits per heavy atom. The van der Waals surface area contributed by atoms with Gasteiger partial charge >= 0.3 is 5.97 Å². The zero-order valence-electron chi connectivity index (χ0n) is 8.66. The first-order valence-corrected chi connectivity index (χ1v) is 5.38. The average Bonchev–Trinajstić information content (AvgIpc) is 2.11. The quantitative estimate of drug-likeness (QED) is 0.740. The Balaban J connectivity index is 2.61. The van der Waals surface area contributed by atoms with Crippen molar-refractivity contribution >= 4 is 11.8 Å². The first-order chi connectivity index (χ1) is 6.63. The van der Waals surface area contributed by atoms with Gasteiger partial charge in [0.15, 0.2) is 0 Å². The highest BCUT2D eigenvalue weighted by molar-refractivity contribution is 5.86. The molecule has 0 saturated heterocycles. The number of aliphatic carboxylic acids is 1. The first-order valence-electron chi connectivity index (χ1n) is 5.38. The third-order valence-corrected chi connectivity index (χ3v) is 3.09. The molecule has 0 heterocycles. The lowest BCUT2D eigenvalue weighted by Crippen LogP contribution is -2.28. The van der Waals surface area contributed by atoms with Crippen molar-refractivity contribution in [1.82, 2.24) is 0 Å². The predicted molar refractivity (Wildman–Crippen MR) is 53.0 cm³/mol. The van der Waals surface area contributed by atoms with Crippen LogP contribution in [0.1, 0.15) is 45.4 Å². The molecular weight excluding hydrogens is 180 g/mol. The Labute approximate surface area is 84.5 Å². The molecule has 3 heteroatoms. The van der Waals surface area contributed by atoms with Gasteiger partial charge in [-0.15, -0.1) is 0 Å². The molecule has 1 fully saturated rings. The normalized spacial score (nSPS) is 26.4. The summed E-state index contributed by atoms with van der Waals surface area (Å²) in [6.07, 6.45) is 5.50. The number of carbonyl (C=O) groups is 2. The lowest BCUT2D eigenvalue weighted by molar-refractivity contribution is -0.146. The van der Waals surface area contributed by atoms with Gasteiger partial charge in [-0.25, -0.2) is 0 Å². The van der Waals surface area contributed by atoms with Gasteiger partial charge in [0.25, 0.3) is 0 Å². The van der Waals surface area contributed by atoms with Crippen LogP contribution in [0.5, 0.6) is 0 Å². The largest absolute Gasteiger partial charge is 0.481 e. The second kappa shape index (κ2) is 5.13. The highest BCUT2D eigenvalue weighted by atomic mass is 16.4. The number of hydrogen-bond donors (Lipinski definition) is 1. The summed E-state index contributed by atoms with van der Waals surface area (Å²) < 4.78 is 0. The fraction of sp³-hybridized carbons (Fsp3) is 0.818. The van der Waals surface area contributed by atoms with Crippen LogP contribution in [0.2, 0.25) is 0 Å². The molecule has 0 aromatic rings. The Morgan fingerprint density at radius 2 is 2.00 bits per heavy atom. The molecule has 0 radical (unpaired) electrons. The Bertz CT molecular complexity index is 223. The molecule has 1 aliphatic rings. The Kier molecular flexibility index (Phi) is 4.11. The molecule has 0 aliphatic heterocycles. The molecular formula is C11H18O3. The zero-order chi connectivity index (χ0) is 10.6. The Morgan fingerprint density at radius 1 is 1.36 bits per heavy atom. The predicted octanol–water partition coefficient (Wildman–Crippen LogP) is 2.25. The minimum absolute atomic E-state index is 0.152. The van der Waals surface area contributed by atoms with Crippen LogP contribution in [0.15, 0.2) is 0 Å². The van der Waals surface area contributed by atoms with E-state index in [1.165, 1.54) is 0 Å². The number of carboxylic acid groups (broad SMARTS) is 1. The third-order valence-electron chi connectivity index (χ3n) is 3.09. The summed E-state index contributed by atoms with van der Waals surface area (Å²) in [6.45, 7) is 1.65. The van der Waals surface area contributed by atoms with Crippen LogP contribution in [-0.2, 0) is 9.59 Å². The van der Waals surface area contributed by atoms with Crippen LogP contribution >= 0.6 is 0 Å². The zero-order valence-corrected chi connectivity index (χ0v) is 8.66. The molecule has 0 bridgehead atoms. The van der Waals surface area contributed by atoms with E-state index in [4.69, 9.17) is 5.11 Å². The second-order valence-electron chi connectivity index (χ2n) is 4.15. The monoisotopic (exact) mass is 198 g/mol. The van der Waals surface area contributed by atoms with Crippen LogP contribution in [0.25, 0.3) is 0 Å². The van der Waals surface area contributed by atoms with Crippen LogP contribution in [-0.4, -0.2) is 16.9 Å². The van der Waals surface area contributed by atoms with Crippen molar-refractivity contribution in [3.63, 3.8) is 0 Å². The maximum Gasteiger partial charge on any atom is 0.306 e. The summed E-state index contributed by atoms with van der Waals surface area (Å²) in [4.78, 5) is 22.4. The number of carbonyl (C=O) groups excluding carboxylic acids is 1. The van der Waals surface area contributed by atoms with E-state index < -0.39 is 11.9 Å². The van der Waals surface area contributed by atoms with E-state index in [0.717, 1.165) is 32.1 Å². The molecule has 1 saturated carbocycles. The average molecular weight is 198 g/mol. The van der Waals surface area contributed by atoms with E-state index in [2.05, 4.69) is 0 Å². The maximum absolute atomic E-state index is 11.6. The van der Waals surface area contributed by atoms with Gasteiger partial charge in [0.2, 0.25) is 0 Å². The number of hydrogen-bond acceptors (Lipinski definition) is 2. The van der Waals surface area contributed by atoms with Gasteiger partial charge in [-0.2, -0.15) is 0 Å². The SMILES string of the molecule is CC(C(=O)O)C1CCCCCCC1=O. The molecule has 2 atom stereocenters. The van der Waals surface area contributed by atoms with Gasteiger partial charge in [0.05, 0.1) is 5.92 Å². The molecule has 1 aliphatic carbocycles. The Hall–Kier alpha value is -0.860. The summed E-state index contributed by atoms with van der Waals surface area (Å²) in [6, 6.07) is 0. The lowest BCUT2D eigenvalue weighted by Gasteiger charge is -2.21. The third kappa shape index (κ3) is 2.82. The molecule has 1 N–H and O–H groups in total. The maximum atomic E-state index is 11.6. The molecule has 0 aromatic heterocycles. The van der Waals surface area contributed by atoms with Crippen molar-refractivity contribution in [3.05, 3.63) is 0 Å². The van der Waals surface area contributed by atoms with E-state index in [-0.39, 0.29) is 11.7 Å². The minimum Gasteiger partial charge on any atom is -0.481 e. The fourth-order valence-corrected chi connectivity index (χ4v) is 2.06. The molecule has 3 nitrogen and oxygen atoms in total. The van der Waals surface area contributed by atoms with Crippen molar-refractivity contribution in [1.29, 1.82) is 0 Å². The molecule has 14 heavy (non-hydrogen) atoms. The van der Waals surface area contributed by atoms with Gasteiger partial charge in [-0.3, -0.25) is 9.59 Å². The van der Waals surface area contributed by atoms with Crippen molar-refractivity contribution in [2.75, 3.05) is 0 Å². The number of ketones is 1. The van der Waals surface area contributed by atoms with E-state index in [1.807, 2.05) is 0 Å². The number of carboxylic acids is 1. The van der Waals surface area contributed by atoms with Crippen LogP contribution in [0, 0.1) is 11.8 Å². The summed E-state index contributed by atoms with van der Waals surface area (Å²) in [5.41, 5.74) is 0. The molecule has 1 rings (SSSR count). The molecule has 0 aromatic carbocycles. The molecule has 80 valence electrons. The highest BCUT2D eigenvalue weighted by Gasteiger charge is 2.29. The molecule has 2 unspecified atom stereocenters. The van der Waals surface area contributed by atoms with E-state index >= 15 is 0 Å². The van der Waals surface area contributed by atoms with Crippen molar-refractivity contribution < 1.29 is 14.7 Å². The molecule has 0 amide bonds. The van der Waals surface area contributed by atoms with Gasteiger partial charge in [-0.1, -0.05) is 26.2 Å². The topological polar surface area (TPSA) is 54.4 Å². The standard InChI is InChI=1S/C11H18O3/c1-8(11(13)14)9-6-4-2-3-5-7-10(9)12/h8-9H,2-7H2,1H3,(H,13,14). The van der Waals surface area contributed by atoms with Crippen LogP contribution in [0.3, 0.4) is 0 Å². The number of Topliss-reactive ketones (excluding diaryl/α,β-unsaturated/α-hetero) is 1. The smallest absolute Gasteiger partial charge is 0.306 e. The van der Waals surface area contributed by atoms with Gasteiger partial charge < -0.3 is 5.11 Å². The van der Waals surface area contributed by atoms with E-state index in [0.29, 0.717) is 6.42 Å². The second-order valence-corrected chi connectivity index (χ2v) is 4.15. The summed E-state index contributed by atoms with van der Waals surface area (Å²) >= 11 is 0. The minimum atomic E-state index is -0.844. The van der Waals surface area contributed by atoms with Crippen molar-refractivity contribution in [2.24, 2.45) is 11.8 Å². The number of rotatable bonds is 2. The summed E-state index contributed by atoms with van der Waals surface area (Å²) in [7, 11) is 0. The summed E-state index contributed by atoms with van der Waals surface area (Å²) in [5.74, 6) is -1.45. The van der Waals surface area contributed by atoms with E-state index in [1.54, 1.807) is 6.92 Å². The van der Waals surface area contributed by atoms with Gasteiger partial charge in [0.1, 0.15) is 5.78 Å². The van der Waals surface area contributed by atoms with Gasteiger partial charge in [0, 0.05) is 12.3 Å². The fourth-order valence-electron chi connectivity index (χ4n) is 2.06. The summed E-state index contributed by atoms with van der Waals surface area (Å²) in [5, 5.41) is 8.86. The highest BCUT2D eigenvalue weighted by Crippen LogP contribution is 2.25. The van der Waals surface area contributed by atoms with Crippen LogP contribution < -0.4 is 0 Å². The van der Waals surface area contributed by atoms with E-state index in [9.17, 15) is 9.59 Å². The van der Waals surface area contributed by atoms with Crippen molar-refractivity contribution in [2.45, 2.75) is 45.4 Å².